The summed E-state index contributed by atoms with van der Waals surface area (Å²) in [5.74, 6) is 0. The predicted octanol–water partition coefficient (Wildman–Crippen LogP) is 4.23. The molecule has 33 heavy (non-hydrogen) atoms. The molecule has 0 heterocycles. The topological polar surface area (TPSA) is 114 Å². The Balaban J connectivity index is 0.000000227. The summed E-state index contributed by atoms with van der Waals surface area (Å²) >= 11 is 0. The molecule has 0 aliphatic carbocycles. The number of aryl methyl sites for hydroxylation is 2. The summed E-state index contributed by atoms with van der Waals surface area (Å²) in [4.78, 5) is -0.277. The van der Waals surface area contributed by atoms with E-state index in [9.17, 15) is 25.9 Å². The Bertz CT molecular complexity index is 1380. The zero-order valence-corrected chi connectivity index (χ0v) is 22.2. The Morgan fingerprint density at radius 2 is 0.848 bits per heavy atom. The Morgan fingerprint density at radius 1 is 0.545 bits per heavy atom. The fourth-order valence-corrected chi connectivity index (χ4v) is 5.13. The van der Waals surface area contributed by atoms with Crippen molar-refractivity contribution in [2.75, 3.05) is 0 Å². The maximum absolute atomic E-state index is 11.1. The van der Waals surface area contributed by atoms with Gasteiger partial charge >= 0.3 is 37.7 Å². The third-order valence-electron chi connectivity index (χ3n) is 5.25. The molecule has 0 aliphatic rings. The summed E-state index contributed by atoms with van der Waals surface area (Å²) < 4.78 is 66.5. The first kappa shape index (κ1) is 27.7. The molecule has 4 aromatic carbocycles. The van der Waals surface area contributed by atoms with E-state index in [1.54, 1.807) is 36.4 Å². The molecule has 0 aliphatic heterocycles. The van der Waals surface area contributed by atoms with Crippen LogP contribution in [0, 0.1) is 0 Å². The minimum Gasteiger partial charge on any atom is -0.744 e. The van der Waals surface area contributed by atoms with Gasteiger partial charge in [0.1, 0.15) is 20.2 Å². The second-order valence-electron chi connectivity index (χ2n) is 7.15. The molecule has 6 nitrogen and oxygen atoms in total. The number of rotatable bonds is 4. The van der Waals surface area contributed by atoms with E-state index in [1.807, 2.05) is 38.1 Å². The average Bonchev–Trinajstić information content (AvgIpc) is 2.76. The van der Waals surface area contributed by atoms with E-state index in [1.165, 1.54) is 12.1 Å². The molecule has 0 spiro atoms. The van der Waals surface area contributed by atoms with Gasteiger partial charge in [0, 0.05) is 0 Å². The summed E-state index contributed by atoms with van der Waals surface area (Å²) in [6, 6.07) is 20.3. The molecule has 4 aromatic rings. The van der Waals surface area contributed by atoms with Crippen molar-refractivity contribution in [2.45, 2.75) is 36.5 Å². The van der Waals surface area contributed by atoms with Crippen LogP contribution >= 0.6 is 0 Å². The largest absolute Gasteiger partial charge is 2.00 e. The van der Waals surface area contributed by atoms with E-state index in [4.69, 9.17) is 0 Å². The van der Waals surface area contributed by atoms with Gasteiger partial charge in [-0.05, 0) is 57.6 Å². The molecule has 0 aromatic heterocycles. The monoisotopic (exact) mass is 510 g/mol. The van der Waals surface area contributed by atoms with Crippen molar-refractivity contribution < 1.29 is 25.9 Å². The Kier molecular flexibility index (Phi) is 9.47. The standard InChI is InChI=1S/2C12H12O3S.Ca/c2*1-2-9-5-3-7-11-10(9)6-4-8-12(11)16(13,14)15;/h2*3-8H,2H2,1H3,(H,13,14,15);/q;;+2/p-2. The zero-order chi connectivity index (χ0) is 23.5. The van der Waals surface area contributed by atoms with Gasteiger partial charge in [0.2, 0.25) is 0 Å². The van der Waals surface area contributed by atoms with Gasteiger partial charge in [0.05, 0.1) is 9.79 Å². The molecular weight excluding hydrogens is 488 g/mol. The fourth-order valence-electron chi connectivity index (χ4n) is 3.75. The molecule has 0 fully saturated rings. The third-order valence-corrected chi connectivity index (χ3v) is 7.03. The number of hydrogen-bond donors (Lipinski definition) is 0. The van der Waals surface area contributed by atoms with E-state index < -0.39 is 20.2 Å². The SMILES string of the molecule is CCc1cccc2c(S(=O)(=O)[O-])cccc12.CCc1cccc2c(S(=O)(=O)[O-])cccc12.[Ca+2]. The first-order valence-corrected chi connectivity index (χ1v) is 12.8. The zero-order valence-electron chi connectivity index (χ0n) is 18.3. The van der Waals surface area contributed by atoms with E-state index in [0.29, 0.717) is 10.8 Å². The molecular formula is C24H22CaO6S2. The van der Waals surface area contributed by atoms with Crippen LogP contribution in [0.15, 0.2) is 82.6 Å². The molecule has 0 saturated carbocycles. The van der Waals surface area contributed by atoms with Crippen LogP contribution in [-0.2, 0) is 33.1 Å². The molecule has 4 rings (SSSR count). The van der Waals surface area contributed by atoms with Gasteiger partial charge < -0.3 is 9.11 Å². The molecule has 0 bridgehead atoms. The minimum atomic E-state index is -4.40. The van der Waals surface area contributed by atoms with E-state index in [0.717, 1.165) is 34.7 Å². The maximum Gasteiger partial charge on any atom is 2.00 e. The smallest absolute Gasteiger partial charge is 0.744 e. The normalized spacial score (nSPS) is 11.5. The summed E-state index contributed by atoms with van der Waals surface area (Å²) in [5.41, 5.74) is 2.09. The van der Waals surface area contributed by atoms with Gasteiger partial charge in [-0.25, -0.2) is 16.8 Å². The molecule has 0 saturated heterocycles. The molecule has 0 N–H and O–H groups in total. The summed E-state index contributed by atoms with van der Waals surface area (Å²) in [6.07, 6.45) is 1.61. The van der Waals surface area contributed by atoms with E-state index in [2.05, 4.69) is 0 Å². The van der Waals surface area contributed by atoms with Crippen LogP contribution in [0.25, 0.3) is 21.5 Å². The molecule has 0 amide bonds. The molecule has 9 heteroatoms. The molecule has 168 valence electrons. The van der Waals surface area contributed by atoms with Crippen LogP contribution in [-0.4, -0.2) is 63.7 Å². The van der Waals surface area contributed by atoms with Crippen LogP contribution < -0.4 is 0 Å². The van der Waals surface area contributed by atoms with Crippen molar-refractivity contribution in [1.82, 2.24) is 0 Å². The Labute approximate surface area is 224 Å². The van der Waals surface area contributed by atoms with Crippen LogP contribution in [0.3, 0.4) is 0 Å². The van der Waals surface area contributed by atoms with Crippen molar-refractivity contribution in [3.05, 3.63) is 83.9 Å². The number of benzene rings is 4. The second kappa shape index (κ2) is 11.3. The van der Waals surface area contributed by atoms with E-state index >= 15 is 0 Å². The van der Waals surface area contributed by atoms with Gasteiger partial charge in [0.15, 0.2) is 0 Å². The predicted molar refractivity (Wildman–Crippen MR) is 128 cm³/mol. The van der Waals surface area contributed by atoms with Crippen molar-refractivity contribution in [3.8, 4) is 0 Å². The van der Waals surface area contributed by atoms with Crippen molar-refractivity contribution in [2.24, 2.45) is 0 Å². The number of hydrogen-bond acceptors (Lipinski definition) is 6. The van der Waals surface area contributed by atoms with Crippen molar-refractivity contribution >= 4 is 79.5 Å². The third kappa shape index (κ3) is 6.33. The van der Waals surface area contributed by atoms with Crippen LogP contribution in [0.5, 0.6) is 0 Å². The Hall–Kier alpha value is -1.52. The van der Waals surface area contributed by atoms with Crippen molar-refractivity contribution in [3.63, 3.8) is 0 Å². The van der Waals surface area contributed by atoms with Crippen molar-refractivity contribution in [1.29, 1.82) is 0 Å². The van der Waals surface area contributed by atoms with Crippen LogP contribution in [0.2, 0.25) is 0 Å². The van der Waals surface area contributed by atoms with Gasteiger partial charge in [-0.3, -0.25) is 0 Å². The van der Waals surface area contributed by atoms with Gasteiger partial charge in [0.25, 0.3) is 0 Å². The first-order valence-electron chi connectivity index (χ1n) is 10.0. The molecule has 0 radical (unpaired) electrons. The quantitative estimate of drug-likeness (QED) is 0.300. The average molecular weight is 511 g/mol. The van der Waals surface area contributed by atoms with Gasteiger partial charge in [-0.1, -0.05) is 74.5 Å². The fraction of sp³-hybridized carbons (Fsp3) is 0.167. The number of fused-ring (bicyclic) bond motifs is 2. The summed E-state index contributed by atoms with van der Waals surface area (Å²) in [6.45, 7) is 3.99. The van der Waals surface area contributed by atoms with Gasteiger partial charge in [-0.15, -0.1) is 0 Å². The Morgan fingerprint density at radius 3 is 1.15 bits per heavy atom. The van der Waals surface area contributed by atoms with Crippen LogP contribution in [0.1, 0.15) is 25.0 Å². The van der Waals surface area contributed by atoms with Crippen LogP contribution in [0.4, 0.5) is 0 Å². The summed E-state index contributed by atoms with van der Waals surface area (Å²) in [5, 5.41) is 2.69. The maximum atomic E-state index is 11.1. The summed E-state index contributed by atoms with van der Waals surface area (Å²) in [7, 11) is -8.81. The van der Waals surface area contributed by atoms with E-state index in [-0.39, 0.29) is 47.5 Å². The second-order valence-corrected chi connectivity index (χ2v) is 9.85. The van der Waals surface area contributed by atoms with Gasteiger partial charge in [-0.2, -0.15) is 0 Å². The minimum absolute atomic E-state index is 0. The molecule has 0 atom stereocenters. The molecule has 0 unspecified atom stereocenters. The first-order chi connectivity index (χ1) is 15.1.